The number of halogens is 1. The first-order valence-electron chi connectivity index (χ1n) is 6.23. The lowest BCUT2D eigenvalue weighted by atomic mass is 9.83. The number of rotatable bonds is 0. The van der Waals surface area contributed by atoms with Gasteiger partial charge in [-0.15, -0.1) is 0 Å². The summed E-state index contributed by atoms with van der Waals surface area (Å²) in [6.07, 6.45) is 9.43. The summed E-state index contributed by atoms with van der Waals surface area (Å²) < 4.78 is 8.78. The summed E-state index contributed by atoms with van der Waals surface area (Å²) in [5, 5.41) is 0. The first-order valence-corrected chi connectivity index (χ1v) is 8.35. The zero-order chi connectivity index (χ0) is 10.0. The number of fused-ring (bicyclic) bond motifs is 6. The van der Waals surface area contributed by atoms with Crippen LogP contribution in [0.1, 0.15) is 44.9 Å². The molecule has 4 fully saturated rings. The van der Waals surface area contributed by atoms with E-state index in [9.17, 15) is 0 Å². The Balaban J connectivity index is 1.74. The highest BCUT2D eigenvalue weighted by Gasteiger charge is 2.64. The molecule has 4 atom stereocenters. The first kappa shape index (κ1) is 9.65. The second kappa shape index (κ2) is 3.10. The van der Waals surface area contributed by atoms with Gasteiger partial charge in [-0.3, -0.25) is 0 Å². The van der Waals surface area contributed by atoms with Crippen molar-refractivity contribution in [1.29, 1.82) is 0 Å². The second-order valence-corrected chi connectivity index (χ2v) is 7.61. The van der Waals surface area contributed by atoms with Gasteiger partial charge in [-0.25, -0.2) is 4.67 Å². The molecule has 0 aromatic carbocycles. The minimum Gasteiger partial charge on any atom is -0.323 e. The molecule has 2 aliphatic carbocycles. The Hall–Kier alpha value is 0.640. The van der Waals surface area contributed by atoms with Crippen LogP contribution in [-0.2, 0) is 4.52 Å². The van der Waals surface area contributed by atoms with Crippen LogP contribution in [0.2, 0.25) is 0 Å². The van der Waals surface area contributed by atoms with Gasteiger partial charge >= 0.3 is 0 Å². The summed E-state index contributed by atoms with van der Waals surface area (Å²) >= 11 is 6.45. The molecule has 2 saturated carbocycles. The van der Waals surface area contributed by atoms with Gasteiger partial charge in [-0.1, -0.05) is 12.8 Å². The van der Waals surface area contributed by atoms with E-state index in [0.29, 0.717) is 6.04 Å². The van der Waals surface area contributed by atoms with Gasteiger partial charge in [0.15, 0.2) is 0 Å². The maximum absolute atomic E-state index is 6.45. The van der Waals surface area contributed by atoms with Crippen LogP contribution in [-0.4, -0.2) is 22.4 Å². The zero-order valence-corrected chi connectivity index (χ0v) is 10.5. The first-order chi connectivity index (χ1) is 7.30. The summed E-state index contributed by atoms with van der Waals surface area (Å²) in [6, 6.07) is 1.46. The predicted molar refractivity (Wildman–Crippen MR) is 61.8 cm³/mol. The molecule has 2 saturated heterocycles. The topological polar surface area (TPSA) is 12.5 Å². The molecule has 4 rings (SSSR count). The Morgan fingerprint density at radius 2 is 2.07 bits per heavy atom. The number of hydrogen-bond acceptors (Lipinski definition) is 2. The van der Waals surface area contributed by atoms with Crippen LogP contribution in [0.5, 0.6) is 0 Å². The third kappa shape index (κ3) is 1.12. The van der Waals surface area contributed by atoms with E-state index < -0.39 is 7.65 Å². The smallest absolute Gasteiger partial charge is 0.208 e. The summed E-state index contributed by atoms with van der Waals surface area (Å²) in [7, 11) is -0.774. The zero-order valence-electron chi connectivity index (χ0n) is 8.86. The lowest BCUT2D eigenvalue weighted by Gasteiger charge is -2.35. The molecule has 0 N–H and O–H groups in total. The minimum absolute atomic E-state index is 0.188. The van der Waals surface area contributed by atoms with E-state index in [0.717, 1.165) is 12.0 Å². The summed E-state index contributed by atoms with van der Waals surface area (Å²) in [5.74, 6) is 0.902. The predicted octanol–water partition coefficient (Wildman–Crippen LogP) is 3.65. The van der Waals surface area contributed by atoms with Crippen molar-refractivity contribution < 1.29 is 4.52 Å². The third-order valence-corrected chi connectivity index (χ3v) is 7.16. The molecule has 0 radical (unpaired) electrons. The second-order valence-electron chi connectivity index (χ2n) is 5.64. The van der Waals surface area contributed by atoms with Crippen molar-refractivity contribution in [3.8, 4) is 0 Å². The normalized spacial score (nSPS) is 51.8. The molecule has 0 aromatic rings. The molecule has 1 spiro atoms. The van der Waals surface area contributed by atoms with Crippen molar-refractivity contribution in [2.75, 3.05) is 0 Å². The van der Waals surface area contributed by atoms with Gasteiger partial charge in [-0.2, -0.15) is 0 Å². The molecule has 2 heterocycles. The Bertz CT molecular complexity index is 294. The highest BCUT2D eigenvalue weighted by atomic mass is 35.7. The summed E-state index contributed by atoms with van der Waals surface area (Å²) in [5.41, 5.74) is 0.188. The molecule has 2 bridgehead atoms. The van der Waals surface area contributed by atoms with Crippen LogP contribution < -0.4 is 0 Å². The van der Waals surface area contributed by atoms with Crippen LogP contribution >= 0.6 is 18.9 Å². The largest absolute Gasteiger partial charge is 0.323 e. The molecule has 84 valence electrons. The van der Waals surface area contributed by atoms with Gasteiger partial charge in [0, 0.05) is 12.1 Å². The Kier molecular flexibility index (Phi) is 1.99. The van der Waals surface area contributed by atoms with E-state index in [1.807, 2.05) is 0 Å². The van der Waals surface area contributed by atoms with Gasteiger partial charge in [0.05, 0.1) is 5.60 Å². The molecule has 15 heavy (non-hydrogen) atoms. The molecule has 0 amide bonds. The van der Waals surface area contributed by atoms with E-state index >= 15 is 0 Å². The SMILES string of the molecule is ClP1OC2(CCCC2)[C@@H]2[C@H]3CC[C@H](C3)N21. The van der Waals surface area contributed by atoms with Crippen LogP contribution in [0.25, 0.3) is 0 Å². The van der Waals surface area contributed by atoms with Crippen LogP contribution in [0.15, 0.2) is 0 Å². The van der Waals surface area contributed by atoms with Crippen molar-refractivity contribution in [1.82, 2.24) is 4.67 Å². The molecule has 2 nitrogen and oxygen atoms in total. The van der Waals surface area contributed by atoms with Gasteiger partial charge in [0.25, 0.3) is 0 Å². The molecule has 4 heteroatoms. The Labute approximate surface area is 97.0 Å². The van der Waals surface area contributed by atoms with Crippen molar-refractivity contribution in [2.24, 2.45) is 5.92 Å². The van der Waals surface area contributed by atoms with E-state index in [4.69, 9.17) is 15.8 Å². The van der Waals surface area contributed by atoms with Crippen molar-refractivity contribution in [2.45, 2.75) is 62.6 Å². The van der Waals surface area contributed by atoms with E-state index in [1.54, 1.807) is 0 Å². The summed E-state index contributed by atoms with van der Waals surface area (Å²) in [6.45, 7) is 0. The third-order valence-electron chi connectivity index (χ3n) is 4.98. The monoisotopic (exact) mass is 245 g/mol. The molecule has 1 unspecified atom stereocenters. The highest BCUT2D eigenvalue weighted by molar-refractivity contribution is 7.78. The molecular formula is C11H17ClNOP. The van der Waals surface area contributed by atoms with Gasteiger partial charge in [0.1, 0.15) is 0 Å². The van der Waals surface area contributed by atoms with Crippen molar-refractivity contribution >= 4 is 18.9 Å². The van der Waals surface area contributed by atoms with Crippen LogP contribution in [0.4, 0.5) is 0 Å². The molecule has 0 aromatic heterocycles. The average molecular weight is 246 g/mol. The maximum Gasteiger partial charge on any atom is 0.208 e. The van der Waals surface area contributed by atoms with Gasteiger partial charge in [0.2, 0.25) is 7.65 Å². The van der Waals surface area contributed by atoms with E-state index in [-0.39, 0.29) is 5.60 Å². The van der Waals surface area contributed by atoms with E-state index in [2.05, 4.69) is 4.67 Å². The fourth-order valence-corrected chi connectivity index (χ4v) is 7.28. The number of nitrogens with zero attached hydrogens (tertiary/aromatic N) is 1. The fraction of sp³-hybridized carbons (Fsp3) is 1.00. The van der Waals surface area contributed by atoms with Crippen LogP contribution in [0, 0.1) is 5.92 Å². The Morgan fingerprint density at radius 1 is 1.27 bits per heavy atom. The van der Waals surface area contributed by atoms with E-state index in [1.165, 1.54) is 44.9 Å². The quantitative estimate of drug-likeness (QED) is 0.604. The number of piperidine rings is 1. The molecule has 2 aliphatic heterocycles. The van der Waals surface area contributed by atoms with Gasteiger partial charge < -0.3 is 4.52 Å². The lowest BCUT2D eigenvalue weighted by Crippen LogP contribution is -2.46. The minimum atomic E-state index is -0.774. The molecular weight excluding hydrogens is 229 g/mol. The standard InChI is InChI=1S/C11H17ClNOP/c12-15-13-9-4-3-8(7-9)10(13)11(14-15)5-1-2-6-11/h8-10H,1-7H2/t8-,9+,10-,15?/m0/s1. The number of hydrogen-bond donors (Lipinski definition) is 0. The summed E-state index contributed by atoms with van der Waals surface area (Å²) in [4.78, 5) is 0. The van der Waals surface area contributed by atoms with Gasteiger partial charge in [-0.05, 0) is 49.3 Å². The lowest BCUT2D eigenvalue weighted by molar-refractivity contribution is 0.0483. The van der Waals surface area contributed by atoms with Crippen LogP contribution in [0.3, 0.4) is 0 Å². The molecule has 4 aliphatic rings. The maximum atomic E-state index is 6.45. The van der Waals surface area contributed by atoms with Crippen molar-refractivity contribution in [3.05, 3.63) is 0 Å². The average Bonchev–Trinajstić information content (AvgIpc) is 2.93. The fourth-order valence-electron chi connectivity index (χ4n) is 4.47. The van der Waals surface area contributed by atoms with Crippen molar-refractivity contribution in [3.63, 3.8) is 0 Å². The Morgan fingerprint density at radius 3 is 2.87 bits per heavy atom. The highest BCUT2D eigenvalue weighted by Crippen LogP contribution is 2.70.